The van der Waals surface area contributed by atoms with Gasteiger partial charge in [-0.05, 0) is 36.6 Å². The molecule has 0 unspecified atom stereocenters. The van der Waals surface area contributed by atoms with Crippen molar-refractivity contribution in [2.75, 3.05) is 6.54 Å². The summed E-state index contributed by atoms with van der Waals surface area (Å²) in [5, 5.41) is 3.71. The second kappa shape index (κ2) is 11.9. The molecule has 1 atom stereocenters. The van der Waals surface area contributed by atoms with Gasteiger partial charge in [-0.3, -0.25) is 9.59 Å². The lowest BCUT2D eigenvalue weighted by atomic mass is 10.1. The minimum Gasteiger partial charge on any atom is -0.354 e. The first-order valence-corrected chi connectivity index (χ1v) is 10.9. The smallest absolute Gasteiger partial charge is 0.242 e. The monoisotopic (exact) mass is 452 g/mol. The number of rotatable bonds is 10. The van der Waals surface area contributed by atoms with Gasteiger partial charge in [0.05, 0.1) is 6.42 Å². The number of carbonyl (C=O) groups is 2. The maximum Gasteiger partial charge on any atom is 0.242 e. The number of carbonyl (C=O) groups excluding carboxylic acids is 2. The Morgan fingerprint density at radius 1 is 1.07 bits per heavy atom. The van der Waals surface area contributed by atoms with E-state index < -0.39 is 11.9 Å². The van der Waals surface area contributed by atoms with Gasteiger partial charge in [0.1, 0.15) is 11.9 Å². The van der Waals surface area contributed by atoms with Crippen molar-refractivity contribution in [2.24, 2.45) is 0 Å². The molecule has 2 amide bonds. The Hall–Kier alpha value is -2.11. The molecule has 2 rings (SSSR count). The summed E-state index contributed by atoms with van der Waals surface area (Å²) in [7, 11) is 0. The summed E-state index contributed by atoms with van der Waals surface area (Å²) in [4.78, 5) is 27.5. The lowest BCUT2D eigenvalue weighted by Gasteiger charge is -2.31. The lowest BCUT2D eigenvalue weighted by molar-refractivity contribution is -0.141. The summed E-state index contributed by atoms with van der Waals surface area (Å²) in [5.74, 6) is -1.06. The van der Waals surface area contributed by atoms with Gasteiger partial charge in [0.2, 0.25) is 11.8 Å². The van der Waals surface area contributed by atoms with Gasteiger partial charge in [-0.15, -0.1) is 0 Å². The van der Waals surface area contributed by atoms with Crippen LogP contribution in [-0.2, 0) is 22.6 Å². The fraction of sp³-hybridized carbons (Fsp3) is 0.391. The van der Waals surface area contributed by atoms with Crippen LogP contribution in [0.1, 0.15) is 44.2 Å². The molecule has 0 fully saturated rings. The third-order valence-corrected chi connectivity index (χ3v) is 5.61. The van der Waals surface area contributed by atoms with Gasteiger partial charge in [0.15, 0.2) is 0 Å². The zero-order chi connectivity index (χ0) is 22.1. The highest BCUT2D eigenvalue weighted by Crippen LogP contribution is 2.27. The van der Waals surface area contributed by atoms with E-state index in [4.69, 9.17) is 23.2 Å². The minimum atomic E-state index is -0.714. The van der Waals surface area contributed by atoms with E-state index in [1.807, 2.05) is 13.8 Å². The highest BCUT2D eigenvalue weighted by molar-refractivity contribution is 6.36. The molecule has 162 valence electrons. The average molecular weight is 453 g/mol. The molecule has 4 nitrogen and oxygen atoms in total. The average Bonchev–Trinajstić information content (AvgIpc) is 2.71. The van der Waals surface area contributed by atoms with Crippen LogP contribution in [0, 0.1) is 5.82 Å². The molecule has 0 spiro atoms. The van der Waals surface area contributed by atoms with Gasteiger partial charge in [-0.1, -0.05) is 67.7 Å². The highest BCUT2D eigenvalue weighted by atomic mass is 35.5. The number of hydrogen-bond acceptors (Lipinski definition) is 2. The molecule has 0 aromatic heterocycles. The van der Waals surface area contributed by atoms with E-state index in [0.717, 1.165) is 12.8 Å². The van der Waals surface area contributed by atoms with Crippen LogP contribution in [0.3, 0.4) is 0 Å². The van der Waals surface area contributed by atoms with Gasteiger partial charge in [0.25, 0.3) is 0 Å². The topological polar surface area (TPSA) is 49.4 Å². The summed E-state index contributed by atoms with van der Waals surface area (Å²) < 4.78 is 14.1. The third kappa shape index (κ3) is 6.44. The Morgan fingerprint density at radius 2 is 1.73 bits per heavy atom. The maximum atomic E-state index is 14.1. The molecule has 1 N–H and O–H groups in total. The maximum absolute atomic E-state index is 14.1. The molecule has 2 aromatic rings. The van der Waals surface area contributed by atoms with E-state index in [-0.39, 0.29) is 30.3 Å². The van der Waals surface area contributed by atoms with E-state index in [1.54, 1.807) is 36.4 Å². The molecule has 2 aromatic carbocycles. The summed E-state index contributed by atoms with van der Waals surface area (Å²) in [6, 6.07) is 10.5. The fourth-order valence-electron chi connectivity index (χ4n) is 3.19. The number of amides is 2. The summed E-state index contributed by atoms with van der Waals surface area (Å²) in [6.07, 6.45) is 2.04. The van der Waals surface area contributed by atoms with E-state index in [2.05, 4.69) is 5.32 Å². The number of nitrogens with one attached hydrogen (secondary N) is 1. The zero-order valence-electron chi connectivity index (χ0n) is 17.3. The molecule has 0 bridgehead atoms. The van der Waals surface area contributed by atoms with E-state index in [9.17, 15) is 14.0 Å². The molecule has 0 heterocycles. The molecule has 0 aliphatic carbocycles. The highest BCUT2D eigenvalue weighted by Gasteiger charge is 2.30. The van der Waals surface area contributed by atoms with Crippen molar-refractivity contribution in [1.29, 1.82) is 0 Å². The zero-order valence-corrected chi connectivity index (χ0v) is 18.8. The minimum absolute atomic E-state index is 0.0610. The van der Waals surface area contributed by atoms with Crippen molar-refractivity contribution in [3.63, 3.8) is 0 Å². The van der Waals surface area contributed by atoms with Crippen LogP contribution in [0.5, 0.6) is 0 Å². The summed E-state index contributed by atoms with van der Waals surface area (Å²) in [6.45, 7) is 4.47. The number of unbranched alkanes of at least 4 members (excludes halogenated alkanes) is 1. The van der Waals surface area contributed by atoms with Crippen LogP contribution in [-0.4, -0.2) is 29.3 Å². The van der Waals surface area contributed by atoms with E-state index >= 15 is 0 Å². The predicted octanol–water partition coefficient (Wildman–Crippen LogP) is 5.40. The van der Waals surface area contributed by atoms with Crippen molar-refractivity contribution in [2.45, 2.75) is 52.1 Å². The van der Waals surface area contributed by atoms with Crippen LogP contribution < -0.4 is 5.32 Å². The van der Waals surface area contributed by atoms with Crippen LogP contribution in [0.15, 0.2) is 42.5 Å². The van der Waals surface area contributed by atoms with Crippen molar-refractivity contribution in [3.05, 3.63) is 69.5 Å². The number of benzene rings is 2. The van der Waals surface area contributed by atoms with Gasteiger partial charge in [-0.2, -0.15) is 0 Å². The number of hydrogen-bond donors (Lipinski definition) is 1. The Labute approximate surface area is 187 Å². The Kier molecular flexibility index (Phi) is 9.60. The van der Waals surface area contributed by atoms with E-state index in [0.29, 0.717) is 28.6 Å². The van der Waals surface area contributed by atoms with Gasteiger partial charge in [0, 0.05) is 28.7 Å². The van der Waals surface area contributed by atoms with Gasteiger partial charge >= 0.3 is 0 Å². The van der Waals surface area contributed by atoms with Crippen molar-refractivity contribution < 1.29 is 14.0 Å². The van der Waals surface area contributed by atoms with Crippen LogP contribution >= 0.6 is 23.2 Å². The van der Waals surface area contributed by atoms with E-state index in [1.165, 1.54) is 11.0 Å². The first-order chi connectivity index (χ1) is 14.4. The summed E-state index contributed by atoms with van der Waals surface area (Å²) >= 11 is 12.6. The van der Waals surface area contributed by atoms with Crippen LogP contribution in [0.25, 0.3) is 0 Å². The van der Waals surface area contributed by atoms with Gasteiger partial charge < -0.3 is 10.2 Å². The molecule has 0 aliphatic rings. The Balaban J connectivity index is 2.33. The molecule has 7 heteroatoms. The molecular weight excluding hydrogens is 426 g/mol. The lowest BCUT2D eigenvalue weighted by Crippen LogP contribution is -2.49. The Bertz CT molecular complexity index is 856. The van der Waals surface area contributed by atoms with Crippen molar-refractivity contribution in [3.8, 4) is 0 Å². The van der Waals surface area contributed by atoms with Crippen LogP contribution in [0.4, 0.5) is 4.39 Å². The molecule has 0 saturated heterocycles. The largest absolute Gasteiger partial charge is 0.354 e. The number of nitrogens with zero attached hydrogens (tertiary/aromatic N) is 1. The van der Waals surface area contributed by atoms with Gasteiger partial charge in [-0.25, -0.2) is 4.39 Å². The van der Waals surface area contributed by atoms with Crippen LogP contribution in [0.2, 0.25) is 10.0 Å². The summed E-state index contributed by atoms with van der Waals surface area (Å²) in [5.41, 5.74) is 0.835. The standard InChI is InChI=1S/C23H27Cl2FN2O2/c1-3-5-13-27-23(30)21(4-2)28(15-17-18(24)10-8-11-19(17)25)22(29)14-16-9-6-7-12-20(16)26/h6-12,21H,3-5,13-15H2,1-2H3,(H,27,30)/t21-/m0/s1. The fourth-order valence-corrected chi connectivity index (χ4v) is 3.70. The molecule has 0 aliphatic heterocycles. The van der Waals surface area contributed by atoms with Crippen molar-refractivity contribution in [1.82, 2.24) is 10.2 Å². The first-order valence-electron chi connectivity index (χ1n) is 10.1. The molecule has 30 heavy (non-hydrogen) atoms. The SMILES string of the molecule is CCCCNC(=O)[C@H](CC)N(Cc1c(Cl)cccc1Cl)C(=O)Cc1ccccc1F. The Morgan fingerprint density at radius 3 is 2.33 bits per heavy atom. The quantitative estimate of drug-likeness (QED) is 0.490. The third-order valence-electron chi connectivity index (χ3n) is 4.91. The normalized spacial score (nSPS) is 11.8. The molecule has 0 saturated carbocycles. The number of halogens is 3. The second-order valence-electron chi connectivity index (χ2n) is 7.06. The van der Waals surface area contributed by atoms with Crippen molar-refractivity contribution >= 4 is 35.0 Å². The molecule has 0 radical (unpaired) electrons. The first kappa shape index (κ1) is 24.2. The second-order valence-corrected chi connectivity index (χ2v) is 7.87. The molecular formula is C23H27Cl2FN2O2. The predicted molar refractivity (Wildman–Crippen MR) is 119 cm³/mol.